The largest absolute Gasteiger partial charge is 0.349 e. The van der Waals surface area contributed by atoms with Crippen LogP contribution in [0.25, 0.3) is 5.65 Å². The van der Waals surface area contributed by atoms with Gasteiger partial charge in [0.1, 0.15) is 11.7 Å². The van der Waals surface area contributed by atoms with Gasteiger partial charge >= 0.3 is 0 Å². The van der Waals surface area contributed by atoms with E-state index in [0.717, 1.165) is 16.9 Å². The van der Waals surface area contributed by atoms with E-state index in [4.69, 9.17) is 0 Å². The summed E-state index contributed by atoms with van der Waals surface area (Å²) in [4.78, 5) is 28.7. The summed E-state index contributed by atoms with van der Waals surface area (Å²) in [6.45, 7) is 6.07. The molecule has 1 fully saturated rings. The quantitative estimate of drug-likeness (QED) is 0.887. The van der Waals surface area contributed by atoms with Crippen LogP contribution in [0.3, 0.4) is 0 Å². The number of carbonyl (C=O) groups excluding carboxylic acids is 2. The highest BCUT2D eigenvalue weighted by molar-refractivity contribution is 8.01. The number of nitrogens with zero attached hydrogens (tertiary/aromatic N) is 2. The van der Waals surface area contributed by atoms with E-state index in [2.05, 4.69) is 15.6 Å². The Kier molecular flexibility index (Phi) is 4.06. The maximum absolute atomic E-state index is 12.2. The van der Waals surface area contributed by atoms with Crippen LogP contribution in [0.1, 0.15) is 25.1 Å². The molecule has 0 aliphatic carbocycles. The minimum atomic E-state index is -0.487. The van der Waals surface area contributed by atoms with Crippen molar-refractivity contribution in [1.29, 1.82) is 0 Å². The summed E-state index contributed by atoms with van der Waals surface area (Å²) < 4.78 is 1.47. The normalized spacial score (nSPS) is 20.3. The molecule has 0 spiro atoms. The first-order chi connectivity index (χ1) is 10.9. The highest BCUT2D eigenvalue weighted by Crippen LogP contribution is 2.28. The van der Waals surface area contributed by atoms with Gasteiger partial charge in [0.25, 0.3) is 0 Å². The number of carbonyl (C=O) groups is 2. The molecule has 2 aromatic rings. The zero-order valence-corrected chi connectivity index (χ0v) is 14.2. The molecule has 2 N–H and O–H groups in total. The maximum atomic E-state index is 12.2. The highest BCUT2D eigenvalue weighted by Gasteiger charge is 2.37. The van der Waals surface area contributed by atoms with E-state index >= 15 is 0 Å². The molecule has 1 saturated heterocycles. The average Bonchev–Trinajstić information content (AvgIpc) is 2.92. The Balaban J connectivity index is 1.62. The highest BCUT2D eigenvalue weighted by atomic mass is 32.2. The van der Waals surface area contributed by atoms with Crippen LogP contribution in [-0.4, -0.2) is 37.7 Å². The first-order valence-corrected chi connectivity index (χ1v) is 8.51. The summed E-state index contributed by atoms with van der Waals surface area (Å²) in [5.74, 6) is 0.307. The van der Waals surface area contributed by atoms with Crippen molar-refractivity contribution in [1.82, 2.24) is 20.0 Å². The number of aromatic nitrogens is 2. The van der Waals surface area contributed by atoms with Crippen molar-refractivity contribution in [2.45, 2.75) is 38.1 Å². The number of imidazole rings is 1. The topological polar surface area (TPSA) is 75.5 Å². The molecular formula is C16H20N4O2S. The second-order valence-electron chi connectivity index (χ2n) is 6.22. The van der Waals surface area contributed by atoms with E-state index in [1.807, 2.05) is 49.7 Å². The van der Waals surface area contributed by atoms with Gasteiger partial charge in [0.15, 0.2) is 0 Å². The van der Waals surface area contributed by atoms with Gasteiger partial charge in [0.2, 0.25) is 11.8 Å². The third kappa shape index (κ3) is 3.19. The molecule has 0 radical (unpaired) electrons. The monoisotopic (exact) mass is 332 g/mol. The van der Waals surface area contributed by atoms with Gasteiger partial charge in [-0.2, -0.15) is 0 Å². The first-order valence-electron chi connectivity index (χ1n) is 7.52. The van der Waals surface area contributed by atoms with E-state index in [-0.39, 0.29) is 11.8 Å². The van der Waals surface area contributed by atoms with Crippen molar-refractivity contribution in [3.05, 3.63) is 35.8 Å². The lowest BCUT2D eigenvalue weighted by atomic mass is 10.1. The number of thioether (sulfide) groups is 1. The van der Waals surface area contributed by atoms with Gasteiger partial charge in [-0.3, -0.25) is 9.59 Å². The Morgan fingerprint density at radius 1 is 1.57 bits per heavy atom. The van der Waals surface area contributed by atoms with Crippen LogP contribution >= 0.6 is 11.8 Å². The standard InChI is InChI=1S/C16H20N4O2S/c1-10-5-4-6-20-8-11(18-13(10)20)7-17-14(21)12-9-23-16(2,3)15(22)19-12/h4-6,8,12H,7,9H2,1-3H3,(H,17,21)(H,19,22)/t12-/m1/s1. The van der Waals surface area contributed by atoms with Crippen molar-refractivity contribution >= 4 is 29.2 Å². The fourth-order valence-electron chi connectivity index (χ4n) is 2.46. The van der Waals surface area contributed by atoms with Gasteiger partial charge < -0.3 is 15.0 Å². The van der Waals surface area contributed by atoms with Crippen LogP contribution < -0.4 is 10.6 Å². The molecule has 2 amide bonds. The fraction of sp³-hybridized carbons (Fsp3) is 0.438. The number of pyridine rings is 1. The van der Waals surface area contributed by atoms with E-state index < -0.39 is 10.8 Å². The van der Waals surface area contributed by atoms with Crippen LogP contribution in [0.5, 0.6) is 0 Å². The smallest absolute Gasteiger partial charge is 0.243 e. The predicted molar refractivity (Wildman–Crippen MR) is 90.2 cm³/mol. The molecule has 122 valence electrons. The molecule has 1 aliphatic heterocycles. The Morgan fingerprint density at radius 2 is 2.35 bits per heavy atom. The molecule has 23 heavy (non-hydrogen) atoms. The number of hydrogen-bond acceptors (Lipinski definition) is 4. The van der Waals surface area contributed by atoms with Gasteiger partial charge in [-0.1, -0.05) is 6.07 Å². The Labute approximate surface area is 139 Å². The second-order valence-corrected chi connectivity index (χ2v) is 7.86. The summed E-state index contributed by atoms with van der Waals surface area (Å²) in [6, 6.07) is 3.48. The number of nitrogens with one attached hydrogen (secondary N) is 2. The molecule has 2 aromatic heterocycles. The van der Waals surface area contributed by atoms with Gasteiger partial charge in [0.05, 0.1) is 17.0 Å². The van der Waals surface area contributed by atoms with Gasteiger partial charge in [-0.25, -0.2) is 4.98 Å². The lowest BCUT2D eigenvalue weighted by molar-refractivity contribution is -0.129. The third-order valence-electron chi connectivity index (χ3n) is 3.95. The molecule has 0 aromatic carbocycles. The van der Waals surface area contributed by atoms with Crippen molar-refractivity contribution in [3.63, 3.8) is 0 Å². The third-order valence-corrected chi connectivity index (χ3v) is 5.36. The van der Waals surface area contributed by atoms with E-state index in [9.17, 15) is 9.59 Å². The molecule has 0 unspecified atom stereocenters. The van der Waals surface area contributed by atoms with Crippen molar-refractivity contribution in [2.24, 2.45) is 0 Å². The van der Waals surface area contributed by atoms with Crippen LogP contribution in [0.15, 0.2) is 24.5 Å². The van der Waals surface area contributed by atoms with Crippen molar-refractivity contribution in [2.75, 3.05) is 5.75 Å². The number of amides is 2. The van der Waals surface area contributed by atoms with Gasteiger partial charge in [-0.15, -0.1) is 11.8 Å². The fourth-order valence-corrected chi connectivity index (χ4v) is 3.47. The summed E-state index contributed by atoms with van der Waals surface area (Å²) in [5.41, 5.74) is 2.77. The van der Waals surface area contributed by atoms with Crippen molar-refractivity contribution in [3.8, 4) is 0 Å². The summed E-state index contributed by atoms with van der Waals surface area (Å²) in [7, 11) is 0. The molecule has 6 nitrogen and oxygen atoms in total. The molecule has 1 atom stereocenters. The molecule has 7 heteroatoms. The first kappa shape index (κ1) is 15.9. The number of fused-ring (bicyclic) bond motifs is 1. The van der Waals surface area contributed by atoms with Crippen LogP contribution in [0.2, 0.25) is 0 Å². The van der Waals surface area contributed by atoms with Crippen LogP contribution in [0, 0.1) is 6.92 Å². The Hall–Kier alpha value is -2.02. The van der Waals surface area contributed by atoms with Gasteiger partial charge in [-0.05, 0) is 32.4 Å². The molecule has 0 saturated carbocycles. The minimum Gasteiger partial charge on any atom is -0.349 e. The molecule has 1 aliphatic rings. The molecule has 3 heterocycles. The van der Waals surface area contributed by atoms with E-state index in [0.29, 0.717) is 12.3 Å². The van der Waals surface area contributed by atoms with Crippen LogP contribution in [0.4, 0.5) is 0 Å². The second kappa shape index (κ2) is 5.88. The number of aryl methyl sites for hydroxylation is 1. The molecule has 3 rings (SSSR count). The lowest BCUT2D eigenvalue weighted by Crippen LogP contribution is -2.57. The SMILES string of the molecule is Cc1cccn2cc(CNC(=O)[C@H]3CSC(C)(C)C(=O)N3)nc12. The Morgan fingerprint density at radius 3 is 3.04 bits per heavy atom. The zero-order valence-electron chi connectivity index (χ0n) is 13.4. The number of rotatable bonds is 3. The summed E-state index contributed by atoms with van der Waals surface area (Å²) in [5, 5.41) is 5.64. The zero-order chi connectivity index (χ0) is 16.6. The maximum Gasteiger partial charge on any atom is 0.243 e. The van der Waals surface area contributed by atoms with E-state index in [1.165, 1.54) is 11.8 Å². The molecular weight excluding hydrogens is 312 g/mol. The number of hydrogen-bond donors (Lipinski definition) is 2. The minimum absolute atomic E-state index is 0.0998. The van der Waals surface area contributed by atoms with Crippen molar-refractivity contribution < 1.29 is 9.59 Å². The summed E-state index contributed by atoms with van der Waals surface area (Å²) >= 11 is 1.50. The average molecular weight is 332 g/mol. The molecule has 0 bridgehead atoms. The predicted octanol–water partition coefficient (Wildman–Crippen LogP) is 1.27. The Bertz CT molecular complexity index is 769. The van der Waals surface area contributed by atoms with Gasteiger partial charge in [0, 0.05) is 18.1 Å². The summed E-state index contributed by atoms with van der Waals surface area (Å²) in [6.07, 6.45) is 3.83. The van der Waals surface area contributed by atoms with Crippen LogP contribution in [-0.2, 0) is 16.1 Å². The van der Waals surface area contributed by atoms with E-state index in [1.54, 1.807) is 0 Å². The lowest BCUT2D eigenvalue weighted by Gasteiger charge is -2.32.